The van der Waals surface area contributed by atoms with Crippen LogP contribution in [0.4, 0.5) is 11.4 Å². The summed E-state index contributed by atoms with van der Waals surface area (Å²) in [6.07, 6.45) is 0.698. The molecule has 3 aromatic carbocycles. The number of nitrogens with zero attached hydrogens (tertiary/aromatic N) is 2. The number of amidine groups is 1. The van der Waals surface area contributed by atoms with Crippen LogP contribution in [0.2, 0.25) is 10.0 Å². The highest BCUT2D eigenvalue weighted by molar-refractivity contribution is 8.15. The minimum Gasteiger partial charge on any atom is -0.497 e. The van der Waals surface area contributed by atoms with Crippen molar-refractivity contribution in [1.82, 2.24) is 4.90 Å². The summed E-state index contributed by atoms with van der Waals surface area (Å²) in [5.74, 6) is 0.279. The first-order chi connectivity index (χ1) is 16.9. The van der Waals surface area contributed by atoms with Crippen LogP contribution in [0, 0.1) is 0 Å². The molecule has 1 fully saturated rings. The molecule has 35 heavy (non-hydrogen) atoms. The smallest absolute Gasteiger partial charge is 0.238 e. The van der Waals surface area contributed by atoms with Crippen molar-refractivity contribution in [3.8, 4) is 5.75 Å². The van der Waals surface area contributed by atoms with E-state index in [1.165, 1.54) is 11.8 Å². The van der Waals surface area contributed by atoms with E-state index in [1.807, 2.05) is 36.4 Å². The lowest BCUT2D eigenvalue weighted by molar-refractivity contribution is -0.129. The molecule has 6 nitrogen and oxygen atoms in total. The van der Waals surface area contributed by atoms with Crippen molar-refractivity contribution in [2.45, 2.75) is 18.1 Å². The lowest BCUT2D eigenvalue weighted by Crippen LogP contribution is -2.46. The van der Waals surface area contributed by atoms with Crippen molar-refractivity contribution in [2.24, 2.45) is 4.99 Å². The van der Waals surface area contributed by atoms with Gasteiger partial charge in [-0.3, -0.25) is 14.5 Å². The molecule has 0 saturated carbocycles. The lowest BCUT2D eigenvalue weighted by atomic mass is 10.1. The van der Waals surface area contributed by atoms with Crippen molar-refractivity contribution >= 4 is 63.3 Å². The first-order valence-corrected chi connectivity index (χ1v) is 12.6. The molecule has 1 aliphatic rings. The van der Waals surface area contributed by atoms with Crippen LogP contribution in [-0.2, 0) is 16.0 Å². The Kier molecular flexibility index (Phi) is 8.33. The predicted octanol–water partition coefficient (Wildman–Crippen LogP) is 6.21. The van der Waals surface area contributed by atoms with Crippen molar-refractivity contribution in [3.05, 3.63) is 88.4 Å². The Morgan fingerprint density at radius 1 is 1.09 bits per heavy atom. The molecular weight excluding hydrogens is 505 g/mol. The van der Waals surface area contributed by atoms with Crippen LogP contribution in [0.15, 0.2) is 77.8 Å². The highest BCUT2D eigenvalue weighted by Gasteiger charge is 2.35. The Hall–Kier alpha value is -3.00. The molecule has 0 bridgehead atoms. The van der Waals surface area contributed by atoms with Crippen molar-refractivity contribution < 1.29 is 14.3 Å². The van der Waals surface area contributed by atoms with Gasteiger partial charge in [0.05, 0.1) is 12.8 Å². The zero-order valence-electron chi connectivity index (χ0n) is 18.9. The SMILES string of the molecule is COc1ccc(N=C2SC(C(=O)Nc3cccc(Cl)c3)CC(=O)N2CCc2ccc(Cl)cc2)cc1. The molecule has 9 heteroatoms. The maximum atomic E-state index is 13.2. The van der Waals surface area contributed by atoms with Crippen molar-refractivity contribution in [1.29, 1.82) is 0 Å². The first kappa shape index (κ1) is 25.1. The molecule has 3 aromatic rings. The normalized spacial score (nSPS) is 16.9. The fourth-order valence-corrected chi connectivity index (χ4v) is 4.95. The molecule has 0 aliphatic carbocycles. The van der Waals surface area contributed by atoms with Gasteiger partial charge in [0, 0.05) is 28.7 Å². The van der Waals surface area contributed by atoms with E-state index in [2.05, 4.69) is 5.32 Å². The molecule has 1 N–H and O–H groups in total. The molecule has 1 saturated heterocycles. The Labute approximate surface area is 218 Å². The van der Waals surface area contributed by atoms with E-state index < -0.39 is 5.25 Å². The fourth-order valence-electron chi connectivity index (χ4n) is 3.51. The van der Waals surface area contributed by atoms with E-state index >= 15 is 0 Å². The van der Waals surface area contributed by atoms with Crippen LogP contribution in [0.25, 0.3) is 0 Å². The number of aliphatic imine (C=N–C) groups is 1. The topological polar surface area (TPSA) is 71.0 Å². The summed E-state index contributed by atoms with van der Waals surface area (Å²) < 4.78 is 5.22. The molecule has 180 valence electrons. The number of anilines is 1. The second-order valence-electron chi connectivity index (χ2n) is 7.82. The number of methoxy groups -OCH3 is 1. The number of carbonyl (C=O) groups is 2. The van der Waals surface area contributed by atoms with Crippen molar-refractivity contribution in [2.75, 3.05) is 19.0 Å². The van der Waals surface area contributed by atoms with Gasteiger partial charge in [-0.1, -0.05) is 53.2 Å². The predicted molar refractivity (Wildman–Crippen MR) is 143 cm³/mol. The number of amides is 2. The number of hydrogen-bond donors (Lipinski definition) is 1. The second-order valence-corrected chi connectivity index (χ2v) is 9.87. The van der Waals surface area contributed by atoms with Gasteiger partial charge in [0.25, 0.3) is 0 Å². The molecule has 4 rings (SSSR count). The van der Waals surface area contributed by atoms with Crippen LogP contribution < -0.4 is 10.1 Å². The van der Waals surface area contributed by atoms with E-state index in [4.69, 9.17) is 32.9 Å². The Morgan fingerprint density at radius 2 is 1.83 bits per heavy atom. The van der Waals surface area contributed by atoms with Gasteiger partial charge in [0.15, 0.2) is 5.17 Å². The summed E-state index contributed by atoms with van der Waals surface area (Å²) >= 11 is 13.3. The number of halogens is 2. The molecule has 0 radical (unpaired) electrons. The van der Waals surface area contributed by atoms with Gasteiger partial charge in [-0.15, -0.1) is 0 Å². The number of nitrogens with one attached hydrogen (secondary N) is 1. The van der Waals surface area contributed by atoms with Gasteiger partial charge >= 0.3 is 0 Å². The maximum absolute atomic E-state index is 13.2. The van der Waals surface area contributed by atoms with Gasteiger partial charge in [-0.25, -0.2) is 4.99 Å². The van der Waals surface area contributed by atoms with E-state index in [1.54, 1.807) is 48.4 Å². The highest BCUT2D eigenvalue weighted by Crippen LogP contribution is 2.31. The standard InChI is InChI=1S/C26H23Cl2N3O3S/c1-34-22-11-9-20(10-12-22)30-26-31(14-13-17-5-7-18(27)8-6-17)24(32)16-23(35-26)25(33)29-21-4-2-3-19(28)15-21/h2-12,15,23H,13-14,16H2,1H3,(H,29,33). The summed E-state index contributed by atoms with van der Waals surface area (Å²) in [7, 11) is 1.60. The Balaban J connectivity index is 1.55. The zero-order valence-corrected chi connectivity index (χ0v) is 21.2. The molecule has 0 spiro atoms. The quantitative estimate of drug-likeness (QED) is 0.396. The number of benzene rings is 3. The van der Waals surface area contributed by atoms with Crippen LogP contribution in [-0.4, -0.2) is 40.8 Å². The molecular formula is C26H23Cl2N3O3S. The third-order valence-electron chi connectivity index (χ3n) is 5.36. The van der Waals surface area contributed by atoms with Gasteiger partial charge < -0.3 is 10.1 Å². The number of carbonyl (C=O) groups excluding carboxylic acids is 2. The first-order valence-electron chi connectivity index (χ1n) is 10.9. The third kappa shape index (κ3) is 6.78. The maximum Gasteiger partial charge on any atom is 0.238 e. The molecule has 0 aromatic heterocycles. The van der Waals surface area contributed by atoms with Crippen LogP contribution in [0.5, 0.6) is 5.75 Å². The molecule has 2 amide bonds. The van der Waals surface area contributed by atoms with Gasteiger partial charge in [0.2, 0.25) is 11.8 Å². The number of rotatable bonds is 7. The van der Waals surface area contributed by atoms with Gasteiger partial charge in [0.1, 0.15) is 11.0 Å². The van der Waals surface area contributed by atoms with Gasteiger partial charge in [-0.2, -0.15) is 0 Å². The number of hydrogen-bond acceptors (Lipinski definition) is 5. The van der Waals surface area contributed by atoms with Crippen LogP contribution in [0.3, 0.4) is 0 Å². The van der Waals surface area contributed by atoms with E-state index in [0.29, 0.717) is 45.3 Å². The van der Waals surface area contributed by atoms with Gasteiger partial charge in [-0.05, 0) is 66.6 Å². The van der Waals surface area contributed by atoms with E-state index in [0.717, 1.165) is 5.56 Å². The minimum atomic E-state index is -0.620. The Morgan fingerprint density at radius 3 is 2.51 bits per heavy atom. The van der Waals surface area contributed by atoms with E-state index in [-0.39, 0.29) is 18.2 Å². The summed E-state index contributed by atoms with van der Waals surface area (Å²) in [6.45, 7) is 0.436. The minimum absolute atomic E-state index is 0.0688. The molecule has 1 aliphatic heterocycles. The molecule has 1 unspecified atom stereocenters. The van der Waals surface area contributed by atoms with E-state index in [9.17, 15) is 9.59 Å². The fraction of sp³-hybridized carbons (Fsp3) is 0.192. The monoisotopic (exact) mass is 527 g/mol. The lowest BCUT2D eigenvalue weighted by Gasteiger charge is -2.32. The zero-order chi connectivity index (χ0) is 24.8. The summed E-state index contributed by atoms with van der Waals surface area (Å²) in [6, 6.07) is 21.7. The highest BCUT2D eigenvalue weighted by atomic mass is 35.5. The molecule has 1 heterocycles. The van der Waals surface area contributed by atoms with Crippen LogP contribution in [0.1, 0.15) is 12.0 Å². The van der Waals surface area contributed by atoms with Crippen molar-refractivity contribution in [3.63, 3.8) is 0 Å². The summed E-state index contributed by atoms with van der Waals surface area (Å²) in [4.78, 5) is 32.5. The Bertz CT molecular complexity index is 1230. The summed E-state index contributed by atoms with van der Waals surface area (Å²) in [5, 5.41) is 3.89. The second kappa shape index (κ2) is 11.6. The molecule has 1 atom stereocenters. The number of thioether (sulfide) groups is 1. The average molecular weight is 528 g/mol. The third-order valence-corrected chi connectivity index (χ3v) is 7.03. The van der Waals surface area contributed by atoms with Crippen LogP contribution >= 0.6 is 35.0 Å². The average Bonchev–Trinajstić information content (AvgIpc) is 2.85. The number of ether oxygens (including phenoxy) is 1. The summed E-state index contributed by atoms with van der Waals surface area (Å²) in [5.41, 5.74) is 2.29. The largest absolute Gasteiger partial charge is 0.497 e.